The van der Waals surface area contributed by atoms with Crippen LogP contribution in [-0.4, -0.2) is 25.7 Å². The van der Waals surface area contributed by atoms with E-state index in [4.69, 9.17) is 0 Å². The van der Waals surface area contributed by atoms with Crippen LogP contribution in [0.5, 0.6) is 0 Å². The minimum Gasteiger partial charge on any atom is -0.351 e. The number of carbonyl (C=O) groups excluding carboxylic acids is 1. The highest BCUT2D eigenvalue weighted by atomic mass is 32.1. The average Bonchev–Trinajstić information content (AvgIpc) is 3.22. The summed E-state index contributed by atoms with van der Waals surface area (Å²) in [6.45, 7) is 4.08. The molecule has 0 fully saturated rings. The molecule has 0 atom stereocenters. The van der Waals surface area contributed by atoms with Crippen molar-refractivity contribution >= 4 is 33.1 Å². The second-order valence-electron chi connectivity index (χ2n) is 6.28. The third-order valence-electron chi connectivity index (χ3n) is 4.69. The summed E-state index contributed by atoms with van der Waals surface area (Å²) in [4.78, 5) is 29.1. The van der Waals surface area contributed by atoms with Crippen LogP contribution >= 0.6 is 11.3 Å². The van der Waals surface area contributed by atoms with Crippen LogP contribution < -0.4 is 10.9 Å². The van der Waals surface area contributed by atoms with Crippen molar-refractivity contribution in [3.05, 3.63) is 63.1 Å². The van der Waals surface area contributed by atoms with Gasteiger partial charge in [-0.2, -0.15) is 5.10 Å². The Morgan fingerprint density at radius 2 is 1.96 bits per heavy atom. The molecule has 8 heteroatoms. The fourth-order valence-corrected chi connectivity index (χ4v) is 3.72. The first-order chi connectivity index (χ1) is 13.0. The molecule has 0 bridgehead atoms. The number of benzene rings is 1. The van der Waals surface area contributed by atoms with Gasteiger partial charge in [-0.05, 0) is 26.0 Å². The summed E-state index contributed by atoms with van der Waals surface area (Å²) in [7, 11) is 2.01. The SMILES string of the molecule is Cc1cc(-c2csc(NC(=O)c3n[nH]c(=O)c4ccccc34)n2)c(C)n1C. The number of carbonyl (C=O) groups is 1. The Hall–Kier alpha value is -3.26. The minimum absolute atomic E-state index is 0.161. The van der Waals surface area contributed by atoms with E-state index in [0.29, 0.717) is 15.9 Å². The zero-order valence-electron chi connectivity index (χ0n) is 15.0. The Kier molecular flexibility index (Phi) is 4.12. The number of H-pyrrole nitrogens is 1. The van der Waals surface area contributed by atoms with Crippen molar-refractivity contribution in [3.63, 3.8) is 0 Å². The number of amides is 1. The molecule has 0 aliphatic rings. The van der Waals surface area contributed by atoms with E-state index in [2.05, 4.69) is 31.1 Å². The molecule has 0 saturated carbocycles. The molecule has 0 saturated heterocycles. The smallest absolute Gasteiger partial charge is 0.278 e. The van der Waals surface area contributed by atoms with Gasteiger partial charge in [0.05, 0.1) is 11.1 Å². The lowest BCUT2D eigenvalue weighted by atomic mass is 10.1. The van der Waals surface area contributed by atoms with E-state index in [1.54, 1.807) is 24.3 Å². The van der Waals surface area contributed by atoms with Gasteiger partial charge in [0.15, 0.2) is 10.8 Å². The van der Waals surface area contributed by atoms with Crippen molar-refractivity contribution in [2.45, 2.75) is 13.8 Å². The van der Waals surface area contributed by atoms with Crippen molar-refractivity contribution in [2.24, 2.45) is 7.05 Å². The van der Waals surface area contributed by atoms with E-state index in [9.17, 15) is 9.59 Å². The van der Waals surface area contributed by atoms with Gasteiger partial charge in [0.1, 0.15) is 0 Å². The van der Waals surface area contributed by atoms with Crippen LogP contribution in [0.4, 0.5) is 5.13 Å². The highest BCUT2D eigenvalue weighted by Crippen LogP contribution is 2.29. The number of aromatic amines is 1. The molecule has 3 heterocycles. The summed E-state index contributed by atoms with van der Waals surface area (Å²) in [6.07, 6.45) is 0. The van der Waals surface area contributed by atoms with E-state index in [0.717, 1.165) is 22.6 Å². The van der Waals surface area contributed by atoms with Crippen LogP contribution in [0.1, 0.15) is 21.9 Å². The molecule has 4 aromatic rings. The number of anilines is 1. The van der Waals surface area contributed by atoms with Crippen LogP contribution in [0, 0.1) is 13.8 Å². The summed E-state index contributed by atoms with van der Waals surface area (Å²) in [5.41, 5.74) is 3.95. The Balaban J connectivity index is 1.65. The molecule has 3 aromatic heterocycles. The number of nitrogens with zero attached hydrogens (tertiary/aromatic N) is 3. The van der Waals surface area contributed by atoms with Crippen LogP contribution in [0.15, 0.2) is 40.5 Å². The molecule has 27 heavy (non-hydrogen) atoms. The zero-order valence-corrected chi connectivity index (χ0v) is 15.8. The van der Waals surface area contributed by atoms with Gasteiger partial charge in [0.25, 0.3) is 11.5 Å². The van der Waals surface area contributed by atoms with Gasteiger partial charge in [-0.1, -0.05) is 18.2 Å². The number of aryl methyl sites for hydroxylation is 1. The van der Waals surface area contributed by atoms with Gasteiger partial charge in [0, 0.05) is 34.8 Å². The maximum Gasteiger partial charge on any atom is 0.278 e. The van der Waals surface area contributed by atoms with E-state index in [1.165, 1.54) is 11.3 Å². The number of nitrogens with one attached hydrogen (secondary N) is 2. The largest absolute Gasteiger partial charge is 0.351 e. The standard InChI is InChI=1S/C19H17N5O2S/c1-10-8-14(11(2)24(10)3)15-9-27-19(20-15)21-18(26)16-12-6-4-5-7-13(12)17(25)23-22-16/h4-9H,1-3H3,(H,23,25)(H,20,21,26). The Morgan fingerprint density at radius 3 is 2.67 bits per heavy atom. The predicted molar refractivity (Wildman–Crippen MR) is 106 cm³/mol. The van der Waals surface area contributed by atoms with Crippen molar-refractivity contribution < 1.29 is 4.79 Å². The van der Waals surface area contributed by atoms with Crippen molar-refractivity contribution in [1.29, 1.82) is 0 Å². The van der Waals surface area contributed by atoms with Crippen LogP contribution in [0.25, 0.3) is 22.0 Å². The van der Waals surface area contributed by atoms with Gasteiger partial charge in [-0.25, -0.2) is 10.1 Å². The Bertz CT molecular complexity index is 1230. The van der Waals surface area contributed by atoms with E-state index in [1.807, 2.05) is 26.3 Å². The molecule has 0 aliphatic heterocycles. The molecule has 0 radical (unpaired) electrons. The summed E-state index contributed by atoms with van der Waals surface area (Å²) in [5, 5.41) is 12.4. The number of hydrogen-bond acceptors (Lipinski definition) is 5. The summed E-state index contributed by atoms with van der Waals surface area (Å²) in [6, 6.07) is 8.95. The maximum atomic E-state index is 12.7. The number of fused-ring (bicyclic) bond motifs is 1. The lowest BCUT2D eigenvalue weighted by Crippen LogP contribution is -2.19. The lowest BCUT2D eigenvalue weighted by Gasteiger charge is -2.04. The predicted octanol–water partition coefficient (Wildman–Crippen LogP) is 3.25. The minimum atomic E-state index is -0.413. The molecule has 0 aliphatic carbocycles. The van der Waals surface area contributed by atoms with E-state index >= 15 is 0 Å². The maximum absolute atomic E-state index is 12.7. The molecule has 2 N–H and O–H groups in total. The first-order valence-electron chi connectivity index (χ1n) is 8.33. The molecule has 1 amide bonds. The highest BCUT2D eigenvalue weighted by molar-refractivity contribution is 7.14. The second-order valence-corrected chi connectivity index (χ2v) is 7.14. The third kappa shape index (κ3) is 2.93. The van der Waals surface area contributed by atoms with Crippen molar-refractivity contribution in [1.82, 2.24) is 19.7 Å². The number of hydrogen-bond donors (Lipinski definition) is 2. The first kappa shape index (κ1) is 17.2. The molecule has 0 spiro atoms. The van der Waals surface area contributed by atoms with Crippen LogP contribution in [-0.2, 0) is 7.05 Å². The molecular formula is C19H17N5O2S. The Morgan fingerprint density at radius 1 is 1.22 bits per heavy atom. The quantitative estimate of drug-likeness (QED) is 0.571. The molecule has 136 valence electrons. The fraction of sp³-hybridized carbons (Fsp3) is 0.158. The van der Waals surface area contributed by atoms with Crippen LogP contribution in [0.3, 0.4) is 0 Å². The van der Waals surface area contributed by atoms with Gasteiger partial charge >= 0.3 is 0 Å². The van der Waals surface area contributed by atoms with Gasteiger partial charge in [-0.15, -0.1) is 11.3 Å². The van der Waals surface area contributed by atoms with Crippen LogP contribution in [0.2, 0.25) is 0 Å². The zero-order chi connectivity index (χ0) is 19.1. The topological polar surface area (TPSA) is 92.7 Å². The monoisotopic (exact) mass is 379 g/mol. The van der Waals surface area contributed by atoms with Gasteiger partial charge in [0.2, 0.25) is 0 Å². The van der Waals surface area contributed by atoms with E-state index < -0.39 is 5.91 Å². The second kappa shape index (κ2) is 6.48. The fourth-order valence-electron chi connectivity index (χ4n) is 3.01. The Labute approximate surface area is 158 Å². The average molecular weight is 379 g/mol. The van der Waals surface area contributed by atoms with Crippen molar-refractivity contribution in [2.75, 3.05) is 5.32 Å². The summed E-state index contributed by atoms with van der Waals surface area (Å²) < 4.78 is 2.10. The summed E-state index contributed by atoms with van der Waals surface area (Å²) in [5.74, 6) is -0.413. The molecule has 1 aromatic carbocycles. The van der Waals surface area contributed by atoms with E-state index in [-0.39, 0.29) is 11.3 Å². The highest BCUT2D eigenvalue weighted by Gasteiger charge is 2.17. The first-order valence-corrected chi connectivity index (χ1v) is 9.21. The molecular weight excluding hydrogens is 362 g/mol. The number of thiazole rings is 1. The summed E-state index contributed by atoms with van der Waals surface area (Å²) >= 11 is 1.35. The number of rotatable bonds is 3. The molecule has 4 rings (SSSR count). The molecule has 7 nitrogen and oxygen atoms in total. The van der Waals surface area contributed by atoms with Gasteiger partial charge in [-0.3, -0.25) is 14.9 Å². The molecule has 0 unspecified atom stereocenters. The lowest BCUT2D eigenvalue weighted by molar-refractivity contribution is 0.102. The van der Waals surface area contributed by atoms with Crippen molar-refractivity contribution in [3.8, 4) is 11.3 Å². The third-order valence-corrected chi connectivity index (χ3v) is 5.44. The normalized spacial score (nSPS) is 11.1. The van der Waals surface area contributed by atoms with Gasteiger partial charge < -0.3 is 4.57 Å². The number of aromatic nitrogens is 4.